The Labute approximate surface area is 172 Å². The Kier molecular flexibility index (Phi) is 6.30. The van der Waals surface area contributed by atoms with Crippen LogP contribution in [-0.4, -0.2) is 43.6 Å². The van der Waals surface area contributed by atoms with Crippen molar-refractivity contribution in [1.82, 2.24) is 0 Å². The Balaban J connectivity index is 2.59. The lowest BCUT2D eigenvalue weighted by atomic mass is 9.81. The largest absolute Gasteiger partial charge is 0.504 e. The highest BCUT2D eigenvalue weighted by Crippen LogP contribution is 2.35. The third-order valence-electron chi connectivity index (χ3n) is 4.41. The summed E-state index contributed by atoms with van der Waals surface area (Å²) in [6.07, 6.45) is 2.06. The number of Topliss-reactive ketones (excluding diaryl/α,β-unsaturated/α-hetero) is 4. The van der Waals surface area contributed by atoms with Gasteiger partial charge in [0.15, 0.2) is 23.0 Å². The summed E-state index contributed by atoms with van der Waals surface area (Å²) in [6, 6.07) is 0. The molecule has 0 bridgehead atoms. The van der Waals surface area contributed by atoms with Crippen molar-refractivity contribution < 1.29 is 39.6 Å². The standard InChI is InChI=1S/C22H18O8/c1-9(2)5-7-11-15(23)19(27)13(20(28)16(11)24)14-21(29)17(25)12(8-6-10(3)4)18(26)22(14)30/h1,3,5-6,23,25,28,30H,7-8H2,2,4H3/b9-5+,10-6+. The van der Waals surface area contributed by atoms with Gasteiger partial charge >= 0.3 is 0 Å². The smallest absolute Gasteiger partial charge is 0.232 e. The first-order valence-corrected chi connectivity index (χ1v) is 8.64. The number of allylic oxidation sites excluding steroid dienone is 8. The summed E-state index contributed by atoms with van der Waals surface area (Å²) in [7, 11) is 0. The molecule has 0 aliphatic heterocycles. The zero-order valence-electron chi connectivity index (χ0n) is 16.1. The highest BCUT2D eigenvalue weighted by Gasteiger charge is 2.44. The van der Waals surface area contributed by atoms with E-state index in [0.717, 1.165) is 0 Å². The number of aliphatic hydroxyl groups excluding tert-OH is 4. The molecule has 2 aliphatic rings. The number of carbonyl (C=O) groups is 4. The van der Waals surface area contributed by atoms with Crippen molar-refractivity contribution in [1.29, 1.82) is 0 Å². The van der Waals surface area contributed by atoms with Crippen molar-refractivity contribution in [3.8, 4) is 0 Å². The normalized spacial score (nSPS) is 19.6. The van der Waals surface area contributed by atoms with E-state index < -0.39 is 68.5 Å². The van der Waals surface area contributed by atoms with Crippen molar-refractivity contribution in [2.75, 3.05) is 0 Å². The van der Waals surface area contributed by atoms with Crippen LogP contribution in [0.5, 0.6) is 0 Å². The summed E-state index contributed by atoms with van der Waals surface area (Å²) in [6.45, 7) is 13.9. The number of aliphatic hydroxyl groups is 4. The minimum atomic E-state index is -1.37. The summed E-state index contributed by atoms with van der Waals surface area (Å²) in [5.74, 6) is -9.82. The lowest BCUT2D eigenvalue weighted by Gasteiger charge is -2.22. The minimum absolute atomic E-state index is 0.280. The first-order valence-electron chi connectivity index (χ1n) is 8.64. The molecule has 4 N–H and O–H groups in total. The molecule has 0 aromatic heterocycles. The van der Waals surface area contributed by atoms with Gasteiger partial charge in [-0.3, -0.25) is 19.2 Å². The molecule has 154 valence electrons. The van der Waals surface area contributed by atoms with Crippen LogP contribution < -0.4 is 0 Å². The maximum atomic E-state index is 12.6. The van der Waals surface area contributed by atoms with E-state index in [1.54, 1.807) is 0 Å². The van der Waals surface area contributed by atoms with E-state index >= 15 is 0 Å². The molecule has 0 saturated carbocycles. The molecular weight excluding hydrogens is 392 g/mol. The fraction of sp³-hybridized carbons (Fsp3) is 0.182. The fourth-order valence-electron chi connectivity index (χ4n) is 2.82. The lowest BCUT2D eigenvalue weighted by Crippen LogP contribution is -2.32. The molecule has 0 amide bonds. The van der Waals surface area contributed by atoms with Crippen molar-refractivity contribution in [3.63, 3.8) is 0 Å². The average molecular weight is 410 g/mol. The molecular formula is C22H18O8. The predicted octanol–water partition coefficient (Wildman–Crippen LogP) is 2.63. The van der Waals surface area contributed by atoms with Gasteiger partial charge in [0.2, 0.25) is 23.1 Å². The van der Waals surface area contributed by atoms with Crippen LogP contribution in [0.2, 0.25) is 0 Å². The Morgan fingerprint density at radius 3 is 1.20 bits per heavy atom. The van der Waals surface area contributed by atoms with E-state index in [1.807, 2.05) is 0 Å². The third kappa shape index (κ3) is 3.89. The van der Waals surface area contributed by atoms with E-state index in [9.17, 15) is 39.6 Å². The molecule has 0 unspecified atom stereocenters. The molecule has 8 nitrogen and oxygen atoms in total. The van der Waals surface area contributed by atoms with E-state index in [1.165, 1.54) is 26.0 Å². The minimum Gasteiger partial charge on any atom is -0.504 e. The molecule has 2 aliphatic carbocycles. The van der Waals surface area contributed by atoms with Crippen LogP contribution in [0.25, 0.3) is 0 Å². The number of carbonyl (C=O) groups excluding carboxylic acids is 4. The van der Waals surface area contributed by atoms with E-state index in [0.29, 0.717) is 0 Å². The van der Waals surface area contributed by atoms with Crippen molar-refractivity contribution >= 4 is 23.1 Å². The topological polar surface area (TPSA) is 149 Å². The first kappa shape index (κ1) is 22.6. The molecule has 0 atom stereocenters. The molecule has 0 spiro atoms. The molecule has 8 heteroatoms. The van der Waals surface area contributed by atoms with Crippen LogP contribution in [0.3, 0.4) is 0 Å². The number of rotatable bonds is 5. The monoisotopic (exact) mass is 410 g/mol. The third-order valence-corrected chi connectivity index (χ3v) is 4.41. The molecule has 2 rings (SSSR count). The number of hydrogen-bond donors (Lipinski definition) is 4. The first-order chi connectivity index (χ1) is 13.9. The van der Waals surface area contributed by atoms with Gasteiger partial charge in [-0.2, -0.15) is 0 Å². The number of hydrogen-bond acceptors (Lipinski definition) is 8. The van der Waals surface area contributed by atoms with E-state index in [-0.39, 0.29) is 24.0 Å². The molecule has 4 radical (unpaired) electrons. The summed E-state index contributed by atoms with van der Waals surface area (Å²) < 4.78 is 0. The zero-order valence-corrected chi connectivity index (χ0v) is 16.1. The van der Waals surface area contributed by atoms with Crippen LogP contribution in [0.15, 0.2) is 68.6 Å². The molecule has 0 fully saturated rings. The summed E-state index contributed by atoms with van der Waals surface area (Å²) in [4.78, 5) is 50.0. The van der Waals surface area contributed by atoms with Gasteiger partial charge in [0.05, 0.1) is 22.3 Å². The lowest BCUT2D eigenvalue weighted by molar-refractivity contribution is -0.122. The second kappa shape index (κ2) is 8.36. The Morgan fingerprint density at radius 1 is 0.633 bits per heavy atom. The Morgan fingerprint density at radius 2 is 0.933 bits per heavy atom. The average Bonchev–Trinajstić information content (AvgIpc) is 2.67. The van der Waals surface area contributed by atoms with Gasteiger partial charge in [0, 0.05) is 0 Å². The van der Waals surface area contributed by atoms with Crippen LogP contribution in [0.1, 0.15) is 26.7 Å². The van der Waals surface area contributed by atoms with Crippen LogP contribution in [0, 0.1) is 13.8 Å². The van der Waals surface area contributed by atoms with Crippen LogP contribution >= 0.6 is 0 Å². The van der Waals surface area contributed by atoms with Gasteiger partial charge < -0.3 is 20.4 Å². The Hall–Kier alpha value is -3.68. The summed E-state index contributed by atoms with van der Waals surface area (Å²) in [5, 5.41) is 40.8. The molecule has 30 heavy (non-hydrogen) atoms. The second-order valence-corrected chi connectivity index (χ2v) is 6.72. The predicted molar refractivity (Wildman–Crippen MR) is 104 cm³/mol. The highest BCUT2D eigenvalue weighted by molar-refractivity contribution is 6.33. The SMILES string of the molecule is [CH]/C(C)=C\CC1=C(O)C(=O)C(C2=C(O)C(=O)C(C/C=C(\[CH])C)=C(O)C2=O)=C(O)C1=O. The fourth-order valence-corrected chi connectivity index (χ4v) is 2.82. The van der Waals surface area contributed by atoms with Gasteiger partial charge in [-0.1, -0.05) is 23.3 Å². The molecule has 0 heterocycles. The van der Waals surface area contributed by atoms with Crippen molar-refractivity contribution in [3.05, 3.63) is 82.5 Å². The van der Waals surface area contributed by atoms with Gasteiger partial charge in [0.25, 0.3) is 0 Å². The van der Waals surface area contributed by atoms with Gasteiger partial charge in [-0.15, -0.1) is 0 Å². The second-order valence-electron chi connectivity index (χ2n) is 6.72. The summed E-state index contributed by atoms with van der Waals surface area (Å²) in [5.41, 5.74) is -2.57. The summed E-state index contributed by atoms with van der Waals surface area (Å²) >= 11 is 0. The van der Waals surface area contributed by atoms with Crippen LogP contribution in [0.4, 0.5) is 0 Å². The van der Waals surface area contributed by atoms with Crippen LogP contribution in [-0.2, 0) is 19.2 Å². The quantitative estimate of drug-likeness (QED) is 0.505. The maximum absolute atomic E-state index is 12.6. The maximum Gasteiger partial charge on any atom is 0.232 e. The van der Waals surface area contributed by atoms with E-state index in [4.69, 9.17) is 13.8 Å². The van der Waals surface area contributed by atoms with E-state index in [2.05, 4.69) is 0 Å². The molecule has 0 aromatic rings. The Bertz CT molecular complexity index is 976. The van der Waals surface area contributed by atoms with Crippen molar-refractivity contribution in [2.45, 2.75) is 26.7 Å². The zero-order chi connectivity index (χ0) is 22.9. The van der Waals surface area contributed by atoms with Gasteiger partial charge in [-0.05, 0) is 40.5 Å². The highest BCUT2D eigenvalue weighted by atomic mass is 16.3. The number of ketones is 4. The van der Waals surface area contributed by atoms with Crippen molar-refractivity contribution in [2.24, 2.45) is 0 Å². The van der Waals surface area contributed by atoms with Gasteiger partial charge in [0.1, 0.15) is 0 Å². The van der Waals surface area contributed by atoms with Gasteiger partial charge in [-0.25, -0.2) is 0 Å². The molecule has 0 aromatic carbocycles. The molecule has 0 saturated heterocycles.